The average molecular weight is 490 g/mol. The normalized spacial score (nSPS) is 12.7. The zero-order chi connectivity index (χ0) is 24.0. The molecule has 7 nitrogen and oxygen atoms in total. The van der Waals surface area contributed by atoms with E-state index in [1.165, 1.54) is 39.9 Å². The Balaban J connectivity index is 1.94. The van der Waals surface area contributed by atoms with Gasteiger partial charge in [0, 0.05) is 32.3 Å². The summed E-state index contributed by atoms with van der Waals surface area (Å²) in [6.07, 6.45) is 1.49. The fraction of sp³-hybridized carbons (Fsp3) is 0.417. The predicted molar refractivity (Wildman–Crippen MR) is 132 cm³/mol. The van der Waals surface area contributed by atoms with Gasteiger partial charge in [0.05, 0.1) is 21.7 Å². The van der Waals surface area contributed by atoms with Crippen LogP contribution in [0, 0.1) is 6.92 Å². The fourth-order valence-electron chi connectivity index (χ4n) is 3.59. The van der Waals surface area contributed by atoms with Gasteiger partial charge in [-0.2, -0.15) is 9.30 Å². The summed E-state index contributed by atoms with van der Waals surface area (Å²) in [5.74, 6) is -0.410. The second-order valence-electron chi connectivity index (χ2n) is 7.85. The number of carbonyl (C=O) groups excluding carboxylic acids is 1. The fourth-order valence-corrected chi connectivity index (χ4v) is 6.36. The van der Waals surface area contributed by atoms with Crippen LogP contribution in [0.2, 0.25) is 0 Å². The summed E-state index contributed by atoms with van der Waals surface area (Å²) in [6.45, 7) is 7.95. The lowest BCUT2D eigenvalue weighted by molar-refractivity contribution is 0.0997. The van der Waals surface area contributed by atoms with E-state index in [0.29, 0.717) is 36.6 Å². The average Bonchev–Trinajstić information content (AvgIpc) is 3.13. The van der Waals surface area contributed by atoms with Gasteiger partial charge in [0.2, 0.25) is 10.0 Å². The van der Waals surface area contributed by atoms with Gasteiger partial charge in [-0.25, -0.2) is 8.42 Å². The molecule has 0 N–H and O–H groups in total. The van der Waals surface area contributed by atoms with Crippen molar-refractivity contribution in [2.75, 3.05) is 26.8 Å². The summed E-state index contributed by atoms with van der Waals surface area (Å²) in [4.78, 5) is 18.1. The molecule has 1 heterocycles. The Hall–Kier alpha value is -2.33. The quantitative estimate of drug-likeness (QED) is 0.427. The summed E-state index contributed by atoms with van der Waals surface area (Å²) < 4.78 is 35.7. The topological polar surface area (TPSA) is 81.0 Å². The monoisotopic (exact) mass is 489 g/mol. The summed E-state index contributed by atoms with van der Waals surface area (Å²) in [5.41, 5.74) is 2.48. The number of sulfonamides is 1. The molecule has 0 unspecified atom stereocenters. The first-order valence-corrected chi connectivity index (χ1v) is 13.4. The molecule has 0 atom stereocenters. The molecule has 1 amide bonds. The van der Waals surface area contributed by atoms with Crippen molar-refractivity contribution in [2.45, 2.75) is 45.1 Å². The van der Waals surface area contributed by atoms with Gasteiger partial charge in [0.25, 0.3) is 5.91 Å². The lowest BCUT2D eigenvalue weighted by Crippen LogP contribution is -2.32. The number of nitrogens with zero attached hydrogens (tertiary/aromatic N) is 3. The number of hydrogen-bond donors (Lipinski definition) is 0. The van der Waals surface area contributed by atoms with E-state index in [9.17, 15) is 13.2 Å². The van der Waals surface area contributed by atoms with Gasteiger partial charge in [0.1, 0.15) is 0 Å². The number of ether oxygens (including phenoxy) is 1. The highest BCUT2D eigenvalue weighted by Crippen LogP contribution is 2.20. The summed E-state index contributed by atoms with van der Waals surface area (Å²) >= 11 is 1.45. The van der Waals surface area contributed by atoms with Crippen LogP contribution in [0.25, 0.3) is 10.2 Å². The third-order valence-corrected chi connectivity index (χ3v) is 8.19. The molecule has 0 aliphatic carbocycles. The lowest BCUT2D eigenvalue weighted by Gasteiger charge is -2.21. The molecule has 0 spiro atoms. The van der Waals surface area contributed by atoms with Gasteiger partial charge >= 0.3 is 0 Å². The number of aryl methyl sites for hydroxylation is 1. The van der Waals surface area contributed by atoms with E-state index >= 15 is 0 Å². The number of fused-ring (bicyclic) bond motifs is 1. The number of rotatable bonds is 10. The van der Waals surface area contributed by atoms with Crippen LogP contribution < -0.4 is 4.80 Å². The summed E-state index contributed by atoms with van der Waals surface area (Å²) in [6, 6.07) is 12.2. The number of hydrogen-bond acceptors (Lipinski definition) is 5. The van der Waals surface area contributed by atoms with Crippen molar-refractivity contribution in [2.24, 2.45) is 4.99 Å². The Kier molecular flexibility index (Phi) is 8.58. The molecule has 0 saturated heterocycles. The van der Waals surface area contributed by atoms with Crippen molar-refractivity contribution in [1.29, 1.82) is 0 Å². The molecule has 3 aromatic rings. The maximum absolute atomic E-state index is 13.0. The SMILES string of the molecule is CCCN(CCC)S(=O)(=O)c1ccc(C(=O)N=c2sc3cc(C)ccc3n2CCOC)cc1. The minimum Gasteiger partial charge on any atom is -0.383 e. The number of benzene rings is 2. The Morgan fingerprint density at radius 2 is 1.76 bits per heavy atom. The maximum atomic E-state index is 13.0. The van der Waals surface area contributed by atoms with E-state index in [4.69, 9.17) is 4.74 Å². The van der Waals surface area contributed by atoms with Crippen molar-refractivity contribution in [3.05, 3.63) is 58.4 Å². The van der Waals surface area contributed by atoms with E-state index in [1.807, 2.05) is 37.5 Å². The Morgan fingerprint density at radius 3 is 2.36 bits per heavy atom. The zero-order valence-electron chi connectivity index (χ0n) is 19.6. The van der Waals surface area contributed by atoms with Gasteiger partial charge in [0.15, 0.2) is 4.80 Å². The van der Waals surface area contributed by atoms with Crippen molar-refractivity contribution in [3.63, 3.8) is 0 Å². The number of methoxy groups -OCH3 is 1. The van der Waals surface area contributed by atoms with Gasteiger partial charge in [-0.1, -0.05) is 31.3 Å². The standard InChI is InChI=1S/C24H31N3O4S2/c1-5-13-26(14-6-2)33(29,30)20-10-8-19(9-11-20)23(28)25-24-27(15-16-31-4)21-12-7-18(3)17-22(21)32-24/h7-12,17H,5-6,13-16H2,1-4H3. The maximum Gasteiger partial charge on any atom is 0.279 e. The van der Waals surface area contributed by atoms with Crippen molar-refractivity contribution >= 4 is 37.5 Å². The van der Waals surface area contributed by atoms with Crippen LogP contribution in [-0.2, 0) is 21.3 Å². The van der Waals surface area contributed by atoms with E-state index in [-0.39, 0.29) is 4.90 Å². The van der Waals surface area contributed by atoms with Crippen LogP contribution in [0.15, 0.2) is 52.4 Å². The minimum absolute atomic E-state index is 0.188. The molecule has 0 radical (unpaired) electrons. The van der Waals surface area contributed by atoms with Crippen molar-refractivity contribution < 1.29 is 17.9 Å². The van der Waals surface area contributed by atoms with Gasteiger partial charge in [-0.05, 0) is 61.7 Å². The van der Waals surface area contributed by atoms with Crippen LogP contribution >= 0.6 is 11.3 Å². The van der Waals surface area contributed by atoms with E-state index in [0.717, 1.165) is 28.6 Å². The molecule has 9 heteroatoms. The third-order valence-electron chi connectivity index (χ3n) is 5.24. The predicted octanol–water partition coefficient (Wildman–Crippen LogP) is 4.21. The molecule has 0 bridgehead atoms. The van der Waals surface area contributed by atoms with E-state index in [1.54, 1.807) is 7.11 Å². The minimum atomic E-state index is -3.59. The van der Waals surface area contributed by atoms with Crippen molar-refractivity contribution in [1.82, 2.24) is 8.87 Å². The Bertz CT molecular complexity index is 1270. The molecule has 3 rings (SSSR count). The molecule has 2 aromatic carbocycles. The van der Waals surface area contributed by atoms with Crippen LogP contribution in [-0.4, -0.2) is 50.0 Å². The second-order valence-corrected chi connectivity index (χ2v) is 10.8. The van der Waals surface area contributed by atoms with Crippen molar-refractivity contribution in [3.8, 4) is 0 Å². The van der Waals surface area contributed by atoms with Crippen LogP contribution in [0.1, 0.15) is 42.6 Å². The second kappa shape index (κ2) is 11.2. The third kappa shape index (κ3) is 5.78. The van der Waals surface area contributed by atoms with E-state index in [2.05, 4.69) is 11.1 Å². The van der Waals surface area contributed by atoms with E-state index < -0.39 is 15.9 Å². The van der Waals surface area contributed by atoms with Crippen LogP contribution in [0.4, 0.5) is 0 Å². The molecule has 0 fully saturated rings. The molecule has 1 aromatic heterocycles. The number of carbonyl (C=O) groups is 1. The van der Waals surface area contributed by atoms with Gasteiger partial charge in [-0.15, -0.1) is 0 Å². The van der Waals surface area contributed by atoms with Gasteiger partial charge < -0.3 is 9.30 Å². The number of aromatic nitrogens is 1. The first-order valence-electron chi connectivity index (χ1n) is 11.1. The number of amides is 1. The molecular formula is C24H31N3O4S2. The van der Waals surface area contributed by atoms with Gasteiger partial charge in [-0.3, -0.25) is 4.79 Å². The molecular weight excluding hydrogens is 458 g/mol. The zero-order valence-corrected chi connectivity index (χ0v) is 21.2. The molecule has 0 aliphatic rings. The first-order chi connectivity index (χ1) is 15.8. The first kappa shape index (κ1) is 25.3. The summed E-state index contributed by atoms with van der Waals surface area (Å²) in [7, 11) is -1.95. The van der Waals surface area contributed by atoms with Crippen LogP contribution in [0.3, 0.4) is 0 Å². The smallest absolute Gasteiger partial charge is 0.279 e. The molecule has 0 aliphatic heterocycles. The molecule has 178 valence electrons. The molecule has 0 saturated carbocycles. The Labute approximate surface area is 199 Å². The molecule has 33 heavy (non-hydrogen) atoms. The largest absolute Gasteiger partial charge is 0.383 e. The number of thiazole rings is 1. The Morgan fingerprint density at radius 1 is 1.09 bits per heavy atom. The highest BCUT2D eigenvalue weighted by Gasteiger charge is 2.23. The van der Waals surface area contributed by atoms with Crippen LogP contribution in [0.5, 0.6) is 0 Å². The lowest BCUT2D eigenvalue weighted by atomic mass is 10.2. The highest BCUT2D eigenvalue weighted by molar-refractivity contribution is 7.89. The highest BCUT2D eigenvalue weighted by atomic mass is 32.2. The summed E-state index contributed by atoms with van der Waals surface area (Å²) in [5, 5.41) is 0.